The Morgan fingerprint density at radius 1 is 1.04 bits per heavy atom. The number of rotatable bonds is 0. The van der Waals surface area contributed by atoms with Gasteiger partial charge in [-0.1, -0.05) is 30.3 Å². The first-order valence-corrected chi connectivity index (χ1v) is 7.87. The van der Waals surface area contributed by atoms with Crippen molar-refractivity contribution in [3.8, 4) is 11.5 Å². The molecule has 0 aliphatic carbocycles. The van der Waals surface area contributed by atoms with Crippen molar-refractivity contribution >= 4 is 21.8 Å². The van der Waals surface area contributed by atoms with E-state index >= 15 is 0 Å². The molecule has 1 aliphatic heterocycles. The summed E-state index contributed by atoms with van der Waals surface area (Å²) in [6.45, 7) is 0.724. The highest BCUT2D eigenvalue weighted by atomic mass is 35.5. The number of nitrogens with one attached hydrogen (secondary N) is 1. The smallest absolute Gasteiger partial charge is 0.345 e. The molecule has 5 heteroatoms. The third-order valence-corrected chi connectivity index (χ3v) is 4.94. The van der Waals surface area contributed by atoms with Gasteiger partial charge in [0.25, 0.3) is 0 Å². The molecule has 2 aromatic carbocycles. The van der Waals surface area contributed by atoms with Crippen LogP contribution in [0, 0.1) is 0 Å². The van der Waals surface area contributed by atoms with Gasteiger partial charge in [-0.2, -0.15) is 4.57 Å². The molecule has 4 nitrogen and oxygen atoms in total. The molecule has 1 aliphatic rings. The van der Waals surface area contributed by atoms with Gasteiger partial charge in [-0.15, -0.1) is 0 Å². The molecule has 4 aromatic rings. The van der Waals surface area contributed by atoms with Crippen LogP contribution < -0.4 is 22.5 Å². The summed E-state index contributed by atoms with van der Waals surface area (Å²) in [5, 5.41) is 2.03. The van der Waals surface area contributed by atoms with Crippen LogP contribution >= 0.6 is 0 Å². The lowest BCUT2D eigenvalue weighted by atomic mass is 10.0. The maximum absolute atomic E-state index is 12.9. The van der Waals surface area contributed by atoms with Crippen LogP contribution in [0.5, 0.6) is 0 Å². The number of nitrogens with zero attached hydrogens (tertiary/aromatic N) is 2. The van der Waals surface area contributed by atoms with Crippen molar-refractivity contribution in [1.29, 1.82) is 0 Å². The molecule has 0 amide bonds. The SMILES string of the molecule is C[n+]1c2n(c(=O)c3ccccc31)CCc1c-2[nH]c2ccccc12.[Cl-]. The van der Waals surface area contributed by atoms with Crippen molar-refractivity contribution in [3.05, 3.63) is 64.4 Å². The Bertz CT molecular complexity index is 1160. The van der Waals surface area contributed by atoms with Crippen LogP contribution in [0.1, 0.15) is 5.56 Å². The van der Waals surface area contributed by atoms with Crippen LogP contribution in [-0.4, -0.2) is 9.55 Å². The van der Waals surface area contributed by atoms with E-state index in [1.165, 1.54) is 10.9 Å². The minimum atomic E-state index is 0. The fourth-order valence-electron chi connectivity index (χ4n) is 3.87. The van der Waals surface area contributed by atoms with E-state index in [1.807, 2.05) is 41.9 Å². The van der Waals surface area contributed by atoms with Gasteiger partial charge in [0.1, 0.15) is 16.6 Å². The van der Waals surface area contributed by atoms with Crippen LogP contribution in [0.25, 0.3) is 33.3 Å². The van der Waals surface area contributed by atoms with Gasteiger partial charge in [0, 0.05) is 17.3 Å². The van der Waals surface area contributed by atoms with E-state index in [2.05, 4.69) is 27.8 Å². The zero-order valence-corrected chi connectivity index (χ0v) is 14.0. The maximum atomic E-state index is 12.9. The van der Waals surface area contributed by atoms with E-state index in [4.69, 9.17) is 0 Å². The molecule has 3 heterocycles. The number of hydrogen-bond acceptors (Lipinski definition) is 1. The van der Waals surface area contributed by atoms with E-state index < -0.39 is 0 Å². The molecule has 5 rings (SSSR count). The number of fused-ring (bicyclic) bond motifs is 6. The Morgan fingerprint density at radius 2 is 1.75 bits per heavy atom. The molecule has 2 aromatic heterocycles. The van der Waals surface area contributed by atoms with Crippen molar-refractivity contribution in [2.75, 3.05) is 0 Å². The van der Waals surface area contributed by atoms with Crippen molar-refractivity contribution < 1.29 is 17.0 Å². The Labute approximate surface area is 144 Å². The summed E-state index contributed by atoms with van der Waals surface area (Å²) in [5.41, 5.74) is 4.58. The predicted molar refractivity (Wildman–Crippen MR) is 90.4 cm³/mol. The standard InChI is InChI=1S/C19H15N3O.ClH/c1-21-16-9-5-3-7-14(16)19(23)22-11-10-13-12-6-2-4-8-15(12)20-17(13)18(21)22;/h2-9H,10-11H2,1H3;1H. The van der Waals surface area contributed by atoms with Crippen LogP contribution in [0.3, 0.4) is 0 Å². The van der Waals surface area contributed by atoms with Crippen molar-refractivity contribution in [2.45, 2.75) is 13.0 Å². The summed E-state index contributed by atoms with van der Waals surface area (Å²) < 4.78 is 4.03. The van der Waals surface area contributed by atoms with E-state index in [9.17, 15) is 4.79 Å². The molecule has 120 valence electrons. The Balaban J connectivity index is 0.00000146. The molecule has 1 N–H and O–H groups in total. The highest BCUT2D eigenvalue weighted by Gasteiger charge is 2.31. The first-order chi connectivity index (χ1) is 11.3. The number of hydrogen-bond donors (Lipinski definition) is 1. The molecule has 0 bridgehead atoms. The van der Waals surface area contributed by atoms with Gasteiger partial charge >= 0.3 is 11.4 Å². The Hall–Kier alpha value is -2.59. The average molecular weight is 338 g/mol. The number of H-pyrrole nitrogens is 1. The van der Waals surface area contributed by atoms with Crippen molar-refractivity contribution in [2.24, 2.45) is 7.05 Å². The van der Waals surface area contributed by atoms with Gasteiger partial charge in [-0.05, 0) is 23.8 Å². The molecule has 0 fully saturated rings. The monoisotopic (exact) mass is 337 g/mol. The zero-order valence-electron chi connectivity index (χ0n) is 13.2. The average Bonchev–Trinajstić information content (AvgIpc) is 2.98. The summed E-state index contributed by atoms with van der Waals surface area (Å²) in [6, 6.07) is 16.2. The predicted octanol–water partition coefficient (Wildman–Crippen LogP) is -0.466. The first kappa shape index (κ1) is 15.0. The Kier molecular flexibility index (Phi) is 3.25. The van der Waals surface area contributed by atoms with Gasteiger partial charge in [0.05, 0.1) is 13.6 Å². The summed E-state index contributed by atoms with van der Waals surface area (Å²) in [5.74, 6) is 0.964. The third kappa shape index (κ3) is 1.80. The quantitative estimate of drug-likeness (QED) is 0.433. The topological polar surface area (TPSA) is 41.7 Å². The van der Waals surface area contributed by atoms with Crippen LogP contribution in [0.15, 0.2) is 53.3 Å². The van der Waals surface area contributed by atoms with Gasteiger partial charge in [-0.3, -0.25) is 0 Å². The fourth-order valence-corrected chi connectivity index (χ4v) is 3.87. The summed E-state index contributed by atoms with van der Waals surface area (Å²) >= 11 is 0. The number of benzene rings is 2. The van der Waals surface area contributed by atoms with Gasteiger partial charge in [0.15, 0.2) is 0 Å². The van der Waals surface area contributed by atoms with E-state index in [-0.39, 0.29) is 18.0 Å². The fraction of sp³-hybridized carbons (Fsp3) is 0.158. The second-order valence-electron chi connectivity index (χ2n) is 6.13. The number of aryl methyl sites for hydroxylation is 2. The minimum absolute atomic E-state index is 0. The summed E-state index contributed by atoms with van der Waals surface area (Å²) in [7, 11) is 2.04. The van der Waals surface area contributed by atoms with Gasteiger partial charge < -0.3 is 17.4 Å². The Morgan fingerprint density at radius 3 is 2.58 bits per heavy atom. The normalized spacial score (nSPS) is 12.7. The highest BCUT2D eigenvalue weighted by Crippen LogP contribution is 2.32. The number of aromatic nitrogens is 3. The van der Waals surface area contributed by atoms with Crippen molar-refractivity contribution in [3.63, 3.8) is 0 Å². The molecule has 0 saturated carbocycles. The summed E-state index contributed by atoms with van der Waals surface area (Å²) in [4.78, 5) is 16.4. The lowest BCUT2D eigenvalue weighted by Gasteiger charge is -2.15. The van der Waals surface area contributed by atoms with Gasteiger partial charge in [-0.25, -0.2) is 9.36 Å². The second-order valence-corrected chi connectivity index (χ2v) is 6.13. The third-order valence-electron chi connectivity index (χ3n) is 4.94. The highest BCUT2D eigenvalue weighted by molar-refractivity contribution is 5.90. The van der Waals surface area contributed by atoms with E-state index in [0.29, 0.717) is 0 Å². The molecule has 24 heavy (non-hydrogen) atoms. The van der Waals surface area contributed by atoms with Crippen LogP contribution in [0.4, 0.5) is 0 Å². The lowest BCUT2D eigenvalue weighted by Crippen LogP contribution is -3.00. The molecule has 0 saturated heterocycles. The lowest BCUT2D eigenvalue weighted by molar-refractivity contribution is -0.638. The zero-order chi connectivity index (χ0) is 15.6. The van der Waals surface area contributed by atoms with Crippen molar-refractivity contribution in [1.82, 2.24) is 9.55 Å². The number of para-hydroxylation sites is 2. The molecule has 0 atom stereocenters. The molecular weight excluding hydrogens is 322 g/mol. The number of aromatic amines is 1. The first-order valence-electron chi connectivity index (χ1n) is 7.87. The van der Waals surface area contributed by atoms with E-state index in [1.54, 1.807) is 0 Å². The molecule has 0 spiro atoms. The molecule has 0 radical (unpaired) electrons. The largest absolute Gasteiger partial charge is 1.00 e. The molecular formula is C19H16ClN3O. The maximum Gasteiger partial charge on any atom is 0.345 e. The number of halogens is 1. The van der Waals surface area contributed by atoms with Gasteiger partial charge in [0.2, 0.25) is 0 Å². The molecule has 0 unspecified atom stereocenters. The second kappa shape index (κ2) is 5.21. The van der Waals surface area contributed by atoms with Crippen LogP contribution in [-0.2, 0) is 20.0 Å². The van der Waals surface area contributed by atoms with E-state index in [0.717, 1.165) is 40.9 Å². The summed E-state index contributed by atoms with van der Waals surface area (Å²) in [6.07, 6.45) is 0.880. The minimum Gasteiger partial charge on any atom is -1.00 e. The van der Waals surface area contributed by atoms with Crippen LogP contribution in [0.2, 0.25) is 0 Å².